The van der Waals surface area contributed by atoms with Gasteiger partial charge in [-0.05, 0) is 24.8 Å². The fourth-order valence-electron chi connectivity index (χ4n) is 2.09. The molecule has 0 saturated heterocycles. The first-order chi connectivity index (χ1) is 11.9. The van der Waals surface area contributed by atoms with Crippen molar-refractivity contribution >= 4 is 17.7 Å². The van der Waals surface area contributed by atoms with Crippen LogP contribution < -0.4 is 10.7 Å². The van der Waals surface area contributed by atoms with Crippen molar-refractivity contribution in [3.05, 3.63) is 23.9 Å². The quantitative estimate of drug-likeness (QED) is 0.683. The van der Waals surface area contributed by atoms with Crippen LogP contribution in [0.5, 0.6) is 0 Å². The van der Waals surface area contributed by atoms with Crippen LogP contribution in [0.1, 0.15) is 31.4 Å². The first-order valence-electron chi connectivity index (χ1n) is 7.73. The largest absolute Gasteiger partial charge is 0.469 e. The molecule has 0 amide bonds. The van der Waals surface area contributed by atoms with Gasteiger partial charge in [-0.15, -0.1) is 10.2 Å². The van der Waals surface area contributed by atoms with Crippen molar-refractivity contribution in [3.63, 3.8) is 0 Å². The van der Waals surface area contributed by atoms with Crippen molar-refractivity contribution in [2.24, 2.45) is 0 Å². The molecule has 132 valence electrons. The van der Waals surface area contributed by atoms with Crippen molar-refractivity contribution in [1.82, 2.24) is 29.8 Å². The number of nitrogens with two attached hydrogens (primary N) is 1. The highest BCUT2D eigenvalue weighted by Gasteiger charge is 2.19. The van der Waals surface area contributed by atoms with E-state index in [1.54, 1.807) is 12.3 Å². The molecular weight excluding hydrogens is 340 g/mol. The molecule has 0 aliphatic rings. The molecule has 0 aromatic carbocycles. The van der Waals surface area contributed by atoms with Gasteiger partial charge >= 0.3 is 0 Å². The molecule has 10 heteroatoms. The van der Waals surface area contributed by atoms with E-state index in [1.807, 2.05) is 39.8 Å². The van der Waals surface area contributed by atoms with Crippen LogP contribution >= 0.6 is 11.8 Å². The third kappa shape index (κ3) is 3.43. The number of aromatic nitrogens is 6. The lowest BCUT2D eigenvalue weighted by atomic mass is 10.2. The molecule has 0 radical (unpaired) electrons. The summed E-state index contributed by atoms with van der Waals surface area (Å²) in [6, 6.07) is 1.81. The standard InChI is InChI=1S/C15H20N8OS/c1-8(2)11-17-13(22(4)5)19-14(18-11)25-15-21-20-12(23(15)16)10-6-7-24-9(10)3/h6-8H,16H2,1-5H3. The maximum atomic E-state index is 6.15. The Kier molecular flexibility index (Phi) is 4.62. The Bertz CT molecular complexity index is 859. The molecule has 3 heterocycles. The zero-order valence-corrected chi connectivity index (χ0v) is 15.6. The van der Waals surface area contributed by atoms with Crippen molar-refractivity contribution in [2.75, 3.05) is 24.8 Å². The van der Waals surface area contributed by atoms with Gasteiger partial charge in [0.1, 0.15) is 11.6 Å². The summed E-state index contributed by atoms with van der Waals surface area (Å²) in [6.45, 7) is 5.92. The highest BCUT2D eigenvalue weighted by atomic mass is 32.2. The van der Waals surface area contributed by atoms with Crippen LogP contribution in [-0.2, 0) is 0 Å². The minimum absolute atomic E-state index is 0.181. The van der Waals surface area contributed by atoms with Crippen LogP contribution in [0.15, 0.2) is 27.1 Å². The smallest absolute Gasteiger partial charge is 0.229 e. The van der Waals surface area contributed by atoms with Crippen molar-refractivity contribution < 1.29 is 4.42 Å². The molecule has 0 bridgehead atoms. The van der Waals surface area contributed by atoms with Gasteiger partial charge in [0.25, 0.3) is 0 Å². The normalized spacial score (nSPS) is 11.3. The van der Waals surface area contributed by atoms with Crippen LogP contribution in [0.4, 0.5) is 5.95 Å². The SMILES string of the molecule is Cc1occc1-c1nnc(Sc2nc(C(C)C)nc(N(C)C)n2)n1N. The van der Waals surface area contributed by atoms with E-state index >= 15 is 0 Å². The molecule has 0 atom stereocenters. The average molecular weight is 360 g/mol. The van der Waals surface area contributed by atoms with E-state index in [2.05, 4.69) is 25.1 Å². The van der Waals surface area contributed by atoms with E-state index in [4.69, 9.17) is 10.3 Å². The minimum atomic E-state index is 0.181. The molecule has 0 spiro atoms. The average Bonchev–Trinajstić information content (AvgIpc) is 3.13. The lowest BCUT2D eigenvalue weighted by molar-refractivity contribution is 0.535. The van der Waals surface area contributed by atoms with E-state index in [0.717, 1.165) is 17.1 Å². The zero-order chi connectivity index (χ0) is 18.1. The predicted octanol–water partition coefficient (Wildman–Crippen LogP) is 2.09. The van der Waals surface area contributed by atoms with Crippen molar-refractivity contribution in [3.8, 4) is 11.4 Å². The zero-order valence-electron chi connectivity index (χ0n) is 14.8. The number of furan rings is 1. The molecular formula is C15H20N8OS. The van der Waals surface area contributed by atoms with Gasteiger partial charge < -0.3 is 15.2 Å². The Morgan fingerprint density at radius 3 is 2.56 bits per heavy atom. The molecule has 9 nitrogen and oxygen atoms in total. The summed E-state index contributed by atoms with van der Waals surface area (Å²) in [5, 5.41) is 9.32. The number of anilines is 1. The predicted molar refractivity (Wildman–Crippen MR) is 95.0 cm³/mol. The van der Waals surface area contributed by atoms with Crippen molar-refractivity contribution in [1.29, 1.82) is 0 Å². The van der Waals surface area contributed by atoms with E-state index in [-0.39, 0.29) is 5.92 Å². The molecule has 0 aliphatic heterocycles. The topological polar surface area (TPSA) is 112 Å². The van der Waals surface area contributed by atoms with E-state index in [0.29, 0.717) is 22.1 Å². The lowest BCUT2D eigenvalue weighted by Crippen LogP contribution is -2.16. The van der Waals surface area contributed by atoms with Gasteiger partial charge in [-0.2, -0.15) is 9.97 Å². The highest BCUT2D eigenvalue weighted by Crippen LogP contribution is 2.28. The fourth-order valence-corrected chi connectivity index (χ4v) is 2.79. The molecule has 0 saturated carbocycles. The summed E-state index contributed by atoms with van der Waals surface area (Å²) in [5.74, 6) is 8.90. The molecule has 2 N–H and O–H groups in total. The number of aryl methyl sites for hydroxylation is 1. The number of nitrogen functional groups attached to an aromatic ring is 1. The molecule has 3 rings (SSSR count). The highest BCUT2D eigenvalue weighted by molar-refractivity contribution is 7.99. The summed E-state index contributed by atoms with van der Waals surface area (Å²) in [4.78, 5) is 15.2. The molecule has 3 aromatic rings. The van der Waals surface area contributed by atoms with Crippen LogP contribution in [-0.4, -0.2) is 43.9 Å². The van der Waals surface area contributed by atoms with Gasteiger partial charge in [-0.1, -0.05) is 13.8 Å². The summed E-state index contributed by atoms with van der Waals surface area (Å²) in [7, 11) is 3.78. The third-order valence-electron chi connectivity index (χ3n) is 3.48. The Morgan fingerprint density at radius 2 is 1.96 bits per heavy atom. The third-order valence-corrected chi connectivity index (χ3v) is 4.31. The van der Waals surface area contributed by atoms with Crippen LogP contribution in [0.3, 0.4) is 0 Å². The van der Waals surface area contributed by atoms with Gasteiger partial charge in [0.05, 0.1) is 11.8 Å². The molecule has 0 fully saturated rings. The van der Waals surface area contributed by atoms with Gasteiger partial charge in [0, 0.05) is 20.0 Å². The first kappa shape index (κ1) is 17.2. The van der Waals surface area contributed by atoms with Crippen molar-refractivity contribution in [2.45, 2.75) is 37.0 Å². The van der Waals surface area contributed by atoms with Crippen LogP contribution in [0, 0.1) is 6.92 Å². The molecule has 3 aromatic heterocycles. The molecule has 0 unspecified atom stereocenters. The van der Waals surface area contributed by atoms with E-state index in [1.165, 1.54) is 16.4 Å². The maximum Gasteiger partial charge on any atom is 0.229 e. The second-order valence-corrected chi connectivity index (χ2v) is 6.93. The first-order valence-corrected chi connectivity index (χ1v) is 8.54. The Morgan fingerprint density at radius 1 is 1.20 bits per heavy atom. The van der Waals surface area contributed by atoms with Gasteiger partial charge in [-0.25, -0.2) is 9.66 Å². The Labute approximate surface area is 149 Å². The molecule has 0 aliphatic carbocycles. The summed E-state index contributed by atoms with van der Waals surface area (Å²) >= 11 is 1.25. The summed E-state index contributed by atoms with van der Waals surface area (Å²) in [5.41, 5.74) is 0.800. The maximum absolute atomic E-state index is 6.15. The van der Waals surface area contributed by atoms with Gasteiger partial charge in [-0.3, -0.25) is 0 Å². The number of nitrogens with zero attached hydrogens (tertiary/aromatic N) is 7. The number of hydrogen-bond donors (Lipinski definition) is 1. The molecule has 25 heavy (non-hydrogen) atoms. The Hall–Kier alpha value is -2.62. The van der Waals surface area contributed by atoms with Crippen LogP contribution in [0.25, 0.3) is 11.4 Å². The number of hydrogen-bond acceptors (Lipinski definition) is 9. The summed E-state index contributed by atoms with van der Waals surface area (Å²) in [6.07, 6.45) is 1.59. The van der Waals surface area contributed by atoms with Crippen LogP contribution in [0.2, 0.25) is 0 Å². The van der Waals surface area contributed by atoms with Gasteiger partial charge in [0.2, 0.25) is 16.3 Å². The fraction of sp³-hybridized carbons (Fsp3) is 0.400. The summed E-state index contributed by atoms with van der Waals surface area (Å²) < 4.78 is 6.72. The van der Waals surface area contributed by atoms with E-state index < -0.39 is 0 Å². The van der Waals surface area contributed by atoms with Gasteiger partial charge in [0.15, 0.2) is 5.82 Å². The monoisotopic (exact) mass is 360 g/mol. The second-order valence-electron chi connectivity index (χ2n) is 5.99. The number of rotatable bonds is 5. The van der Waals surface area contributed by atoms with E-state index in [9.17, 15) is 0 Å². The lowest BCUT2D eigenvalue weighted by Gasteiger charge is -2.13. The second kappa shape index (κ2) is 6.71. The Balaban J connectivity index is 1.95. The minimum Gasteiger partial charge on any atom is -0.469 e.